The van der Waals surface area contributed by atoms with Crippen molar-refractivity contribution in [1.82, 2.24) is 14.0 Å². The SMILES string of the molecule is Cn1c(C(=O)N2CCC3(CC2)c2ccccc2C[C@H]3O)cc(=O)n(C)c1=O. The first kappa shape index (κ1) is 17.7. The van der Waals surface area contributed by atoms with Gasteiger partial charge in [-0.05, 0) is 30.4 Å². The Morgan fingerprint density at radius 1 is 1.11 bits per heavy atom. The number of aliphatic hydroxyl groups excluding tert-OH is 1. The Morgan fingerprint density at radius 2 is 1.78 bits per heavy atom. The van der Waals surface area contributed by atoms with Gasteiger partial charge in [0.25, 0.3) is 11.5 Å². The predicted molar refractivity (Wildman–Crippen MR) is 99.9 cm³/mol. The first-order valence-electron chi connectivity index (χ1n) is 9.18. The summed E-state index contributed by atoms with van der Waals surface area (Å²) in [5, 5.41) is 10.7. The van der Waals surface area contributed by atoms with Crippen LogP contribution in [0.15, 0.2) is 39.9 Å². The fourth-order valence-corrected chi connectivity index (χ4v) is 4.58. The number of carbonyl (C=O) groups is 1. The number of aromatic nitrogens is 2. The number of benzene rings is 1. The predicted octanol–water partition coefficient (Wildman–Crippen LogP) is 0.175. The van der Waals surface area contributed by atoms with Gasteiger partial charge in [-0.15, -0.1) is 0 Å². The van der Waals surface area contributed by atoms with Crippen LogP contribution >= 0.6 is 0 Å². The molecule has 1 atom stereocenters. The molecule has 2 aliphatic rings. The van der Waals surface area contributed by atoms with E-state index in [-0.39, 0.29) is 17.0 Å². The van der Waals surface area contributed by atoms with Gasteiger partial charge in [0, 0.05) is 38.7 Å². The van der Waals surface area contributed by atoms with Crippen molar-refractivity contribution >= 4 is 5.91 Å². The largest absolute Gasteiger partial charge is 0.392 e. The van der Waals surface area contributed by atoms with E-state index in [1.165, 1.54) is 35.9 Å². The molecule has 2 aromatic rings. The quantitative estimate of drug-likeness (QED) is 0.777. The molecule has 1 aromatic heterocycles. The lowest BCUT2D eigenvalue weighted by Gasteiger charge is -2.42. The van der Waals surface area contributed by atoms with Crippen molar-refractivity contribution in [3.05, 3.63) is 68.0 Å². The molecule has 7 heteroatoms. The Hall–Kier alpha value is -2.67. The van der Waals surface area contributed by atoms with Crippen molar-refractivity contribution in [2.75, 3.05) is 13.1 Å². The highest BCUT2D eigenvalue weighted by atomic mass is 16.3. The van der Waals surface area contributed by atoms with Crippen LogP contribution < -0.4 is 11.2 Å². The Kier molecular flexibility index (Phi) is 4.07. The average Bonchev–Trinajstić information content (AvgIpc) is 2.95. The highest BCUT2D eigenvalue weighted by Crippen LogP contribution is 2.46. The summed E-state index contributed by atoms with van der Waals surface area (Å²) in [4.78, 5) is 38.6. The average molecular weight is 369 g/mol. The van der Waals surface area contributed by atoms with Crippen LogP contribution in [0.3, 0.4) is 0 Å². The van der Waals surface area contributed by atoms with Gasteiger partial charge in [0.15, 0.2) is 0 Å². The summed E-state index contributed by atoms with van der Waals surface area (Å²) in [6.07, 6.45) is 1.53. The molecule has 2 heterocycles. The summed E-state index contributed by atoms with van der Waals surface area (Å²) < 4.78 is 2.20. The number of hydrogen-bond donors (Lipinski definition) is 1. The van der Waals surface area contributed by atoms with Gasteiger partial charge in [-0.3, -0.25) is 18.7 Å². The number of rotatable bonds is 1. The van der Waals surface area contributed by atoms with E-state index in [9.17, 15) is 19.5 Å². The summed E-state index contributed by atoms with van der Waals surface area (Å²) >= 11 is 0. The highest BCUT2D eigenvalue weighted by molar-refractivity contribution is 5.92. The molecule has 27 heavy (non-hydrogen) atoms. The topological polar surface area (TPSA) is 84.5 Å². The monoisotopic (exact) mass is 369 g/mol. The number of hydrogen-bond acceptors (Lipinski definition) is 4. The van der Waals surface area contributed by atoms with Crippen molar-refractivity contribution in [3.63, 3.8) is 0 Å². The van der Waals surface area contributed by atoms with E-state index in [4.69, 9.17) is 0 Å². The molecular formula is C20H23N3O4. The Labute approximate surface area is 156 Å². The summed E-state index contributed by atoms with van der Waals surface area (Å²) in [6.45, 7) is 0.960. The van der Waals surface area contributed by atoms with Gasteiger partial charge in [-0.2, -0.15) is 0 Å². The third kappa shape index (κ3) is 2.56. The highest BCUT2D eigenvalue weighted by Gasteiger charge is 2.48. The molecule has 1 aromatic carbocycles. The lowest BCUT2D eigenvalue weighted by Crippen LogP contribution is -2.50. The summed E-state index contributed by atoms with van der Waals surface area (Å²) in [5.41, 5.74) is 1.15. The maximum absolute atomic E-state index is 12.9. The first-order chi connectivity index (χ1) is 12.8. The third-order valence-electron chi connectivity index (χ3n) is 6.29. The van der Waals surface area contributed by atoms with Crippen molar-refractivity contribution < 1.29 is 9.90 Å². The lowest BCUT2D eigenvalue weighted by atomic mass is 9.72. The van der Waals surface area contributed by atoms with Gasteiger partial charge >= 0.3 is 5.69 Å². The van der Waals surface area contributed by atoms with Crippen molar-refractivity contribution in [2.24, 2.45) is 14.1 Å². The molecule has 0 saturated carbocycles. The van der Waals surface area contributed by atoms with E-state index in [1.807, 2.05) is 12.1 Å². The normalized spacial score (nSPS) is 20.7. The van der Waals surface area contributed by atoms with E-state index in [1.54, 1.807) is 4.90 Å². The van der Waals surface area contributed by atoms with Crippen LogP contribution in [0.5, 0.6) is 0 Å². The fraction of sp³-hybridized carbons (Fsp3) is 0.450. The van der Waals surface area contributed by atoms with Crippen LogP contribution in [0.4, 0.5) is 0 Å². The molecule has 7 nitrogen and oxygen atoms in total. The molecule has 1 saturated heterocycles. The van der Waals surface area contributed by atoms with Gasteiger partial charge in [0.05, 0.1) is 6.10 Å². The maximum Gasteiger partial charge on any atom is 0.331 e. The van der Waals surface area contributed by atoms with E-state index in [2.05, 4.69) is 12.1 Å². The second-order valence-corrected chi connectivity index (χ2v) is 7.59. The van der Waals surface area contributed by atoms with E-state index < -0.39 is 17.4 Å². The molecule has 0 unspecified atom stereocenters. The van der Waals surface area contributed by atoms with Crippen molar-refractivity contribution in [2.45, 2.75) is 30.8 Å². The second-order valence-electron chi connectivity index (χ2n) is 7.59. The van der Waals surface area contributed by atoms with E-state index >= 15 is 0 Å². The lowest BCUT2D eigenvalue weighted by molar-refractivity contribution is 0.0359. The minimum Gasteiger partial charge on any atom is -0.392 e. The minimum atomic E-state index is -0.514. The molecule has 142 valence electrons. The van der Waals surface area contributed by atoms with Gasteiger partial charge in [-0.1, -0.05) is 24.3 Å². The molecule has 0 radical (unpaired) electrons. The molecular weight excluding hydrogens is 346 g/mol. The van der Waals surface area contributed by atoms with Crippen molar-refractivity contribution in [1.29, 1.82) is 0 Å². The standard InChI is InChI=1S/C20H23N3O4/c1-21-15(12-17(25)22(2)19(21)27)18(26)23-9-7-20(8-10-23)14-6-4-3-5-13(14)11-16(20)24/h3-6,12,16,24H,7-11H2,1-2H3/t16-/m1/s1. The third-order valence-corrected chi connectivity index (χ3v) is 6.29. The number of aliphatic hydroxyl groups is 1. The zero-order valence-electron chi connectivity index (χ0n) is 15.5. The van der Waals surface area contributed by atoms with Gasteiger partial charge in [-0.25, -0.2) is 4.79 Å². The molecule has 1 spiro atoms. The number of carbonyl (C=O) groups excluding carboxylic acids is 1. The van der Waals surface area contributed by atoms with Gasteiger partial charge < -0.3 is 10.0 Å². The number of nitrogens with zero attached hydrogens (tertiary/aromatic N) is 3. The van der Waals surface area contributed by atoms with Gasteiger partial charge in [0.1, 0.15) is 5.69 Å². The number of piperidine rings is 1. The number of fused-ring (bicyclic) bond motifs is 2. The molecule has 4 rings (SSSR count). The van der Waals surface area contributed by atoms with Crippen LogP contribution in [-0.4, -0.2) is 44.2 Å². The number of amides is 1. The molecule has 0 bridgehead atoms. The van der Waals surface area contributed by atoms with E-state index in [0.717, 1.165) is 4.57 Å². The fourth-order valence-electron chi connectivity index (χ4n) is 4.58. The van der Waals surface area contributed by atoms with Crippen LogP contribution in [0, 0.1) is 0 Å². The summed E-state index contributed by atoms with van der Waals surface area (Å²) in [6, 6.07) is 9.33. The zero-order valence-corrected chi connectivity index (χ0v) is 15.5. The molecule has 1 N–H and O–H groups in total. The van der Waals surface area contributed by atoms with Crippen LogP contribution in [0.25, 0.3) is 0 Å². The van der Waals surface area contributed by atoms with Crippen LogP contribution in [-0.2, 0) is 25.9 Å². The maximum atomic E-state index is 12.9. The smallest absolute Gasteiger partial charge is 0.331 e. The Morgan fingerprint density at radius 3 is 2.48 bits per heavy atom. The molecule has 1 aliphatic carbocycles. The summed E-state index contributed by atoms with van der Waals surface area (Å²) in [7, 11) is 2.89. The minimum absolute atomic E-state index is 0.103. The van der Waals surface area contributed by atoms with Gasteiger partial charge in [0.2, 0.25) is 0 Å². The van der Waals surface area contributed by atoms with Crippen molar-refractivity contribution in [3.8, 4) is 0 Å². The number of likely N-dealkylation sites (tertiary alicyclic amines) is 1. The summed E-state index contributed by atoms with van der Waals surface area (Å²) in [5.74, 6) is -0.317. The Balaban J connectivity index is 1.60. The molecule has 1 amide bonds. The zero-order chi connectivity index (χ0) is 19.3. The Bertz CT molecular complexity index is 1030. The molecule has 1 aliphatic heterocycles. The molecule has 1 fully saturated rings. The first-order valence-corrected chi connectivity index (χ1v) is 9.18. The van der Waals surface area contributed by atoms with Crippen LogP contribution in [0.2, 0.25) is 0 Å². The van der Waals surface area contributed by atoms with E-state index in [0.29, 0.717) is 32.4 Å². The van der Waals surface area contributed by atoms with Crippen LogP contribution in [0.1, 0.15) is 34.5 Å². The second kappa shape index (κ2) is 6.20.